The molecule has 0 bridgehead atoms. The number of carboxylic acid groups (broad SMARTS) is 1. The van der Waals surface area contributed by atoms with Gasteiger partial charge in [-0.1, -0.05) is 59.3 Å². The number of carbonyl (C=O) groups is 1. The first-order chi connectivity index (χ1) is 8.91. The summed E-state index contributed by atoms with van der Waals surface area (Å²) in [5.74, 6) is -0.321. The van der Waals surface area contributed by atoms with Gasteiger partial charge in [-0.2, -0.15) is 18.2 Å². The number of benzene rings is 1. The smallest absolute Gasteiger partial charge is 0.533 e. The van der Waals surface area contributed by atoms with Crippen molar-refractivity contribution in [2.75, 3.05) is 0 Å². The van der Waals surface area contributed by atoms with Crippen LogP contribution in [0.1, 0.15) is 66.0 Å². The van der Waals surface area contributed by atoms with Crippen molar-refractivity contribution in [1.82, 2.24) is 0 Å². The Bertz CT molecular complexity index is 422. The number of carboxylic acids is 1. The van der Waals surface area contributed by atoms with Crippen molar-refractivity contribution in [3.05, 3.63) is 29.3 Å². The minimum absolute atomic E-state index is 0. The fourth-order valence-corrected chi connectivity index (χ4v) is 1.63. The fraction of sp³-hybridized carbons (Fsp3) is 0.588. The summed E-state index contributed by atoms with van der Waals surface area (Å²) in [5, 5.41) is 18.0. The SMILES string of the molecule is CC(C)(C)c1c[c-]cc(C(C)(C)C)c1O.CCC(=O)O.[Na+]. The van der Waals surface area contributed by atoms with Crippen LogP contribution in [0.15, 0.2) is 12.1 Å². The van der Waals surface area contributed by atoms with Gasteiger partial charge in [0.2, 0.25) is 0 Å². The maximum atomic E-state index is 10.2. The Balaban J connectivity index is 0. The minimum atomic E-state index is -0.745. The first-order valence-electron chi connectivity index (χ1n) is 6.87. The summed E-state index contributed by atoms with van der Waals surface area (Å²) in [7, 11) is 0. The number of hydrogen-bond acceptors (Lipinski definition) is 2. The van der Waals surface area contributed by atoms with E-state index in [0.29, 0.717) is 5.75 Å². The van der Waals surface area contributed by atoms with Crippen LogP contribution in [0.4, 0.5) is 0 Å². The molecule has 4 heteroatoms. The van der Waals surface area contributed by atoms with Crippen molar-refractivity contribution < 1.29 is 44.6 Å². The topological polar surface area (TPSA) is 57.5 Å². The molecule has 0 aliphatic carbocycles. The first kappa shape index (κ1) is 22.8. The van der Waals surface area contributed by atoms with Gasteiger partial charge >= 0.3 is 35.5 Å². The van der Waals surface area contributed by atoms with Gasteiger partial charge in [0.1, 0.15) is 0 Å². The Labute approximate surface area is 151 Å². The van der Waals surface area contributed by atoms with Crippen LogP contribution in [0.3, 0.4) is 0 Å². The maximum Gasteiger partial charge on any atom is 1.00 e. The van der Waals surface area contributed by atoms with Crippen LogP contribution < -0.4 is 29.6 Å². The number of phenols is 1. The van der Waals surface area contributed by atoms with Crippen LogP contribution in [-0.2, 0) is 15.6 Å². The van der Waals surface area contributed by atoms with Crippen molar-refractivity contribution in [2.45, 2.75) is 65.7 Å². The van der Waals surface area contributed by atoms with E-state index in [1.165, 1.54) is 0 Å². The van der Waals surface area contributed by atoms with Crippen LogP contribution >= 0.6 is 0 Å². The van der Waals surface area contributed by atoms with Crippen molar-refractivity contribution in [3.8, 4) is 5.75 Å². The van der Waals surface area contributed by atoms with Gasteiger partial charge in [-0.25, -0.2) is 0 Å². The van der Waals surface area contributed by atoms with Gasteiger partial charge in [0.25, 0.3) is 0 Å². The third kappa shape index (κ3) is 7.89. The molecule has 0 unspecified atom stereocenters. The average Bonchev–Trinajstić information content (AvgIpc) is 2.26. The van der Waals surface area contributed by atoms with Crippen molar-refractivity contribution in [3.63, 3.8) is 0 Å². The molecule has 3 nitrogen and oxygen atoms in total. The summed E-state index contributed by atoms with van der Waals surface area (Å²) in [6.07, 6.45) is 0.222. The predicted molar refractivity (Wildman–Crippen MR) is 82.3 cm³/mol. The molecule has 0 atom stereocenters. The maximum absolute atomic E-state index is 10.2. The van der Waals surface area contributed by atoms with Crippen LogP contribution in [0.2, 0.25) is 0 Å². The van der Waals surface area contributed by atoms with Crippen LogP contribution in [-0.4, -0.2) is 16.2 Å². The minimum Gasteiger partial charge on any atom is -0.533 e. The summed E-state index contributed by atoms with van der Waals surface area (Å²) < 4.78 is 0. The first-order valence-corrected chi connectivity index (χ1v) is 6.87. The van der Waals surface area contributed by atoms with Crippen molar-refractivity contribution in [2.24, 2.45) is 0 Å². The molecule has 114 valence electrons. The third-order valence-electron chi connectivity index (χ3n) is 2.88. The van der Waals surface area contributed by atoms with Gasteiger partial charge < -0.3 is 10.2 Å². The van der Waals surface area contributed by atoms with E-state index in [1.54, 1.807) is 6.92 Å². The summed E-state index contributed by atoms with van der Waals surface area (Å²) in [5.41, 5.74) is 1.86. The van der Waals surface area contributed by atoms with Crippen molar-refractivity contribution in [1.29, 1.82) is 0 Å². The zero-order chi connectivity index (χ0) is 16.1. The standard InChI is InChI=1S/C14H21O.C3H6O2.Na/c1-13(2,3)10-8-7-9-11(12(10)15)14(4,5)6;1-2-3(4)5;/h8-9,15H,1-6H3;2H2,1H3,(H,4,5);/q-1;;+1. The molecule has 2 N–H and O–H groups in total. The van der Waals surface area contributed by atoms with E-state index >= 15 is 0 Å². The van der Waals surface area contributed by atoms with E-state index in [1.807, 2.05) is 12.1 Å². The molecule has 1 rings (SSSR count). The van der Waals surface area contributed by atoms with E-state index in [9.17, 15) is 9.90 Å². The second kappa shape index (κ2) is 8.82. The molecule has 0 aromatic heterocycles. The van der Waals surface area contributed by atoms with Crippen LogP contribution in [0.5, 0.6) is 5.75 Å². The number of aliphatic carboxylic acids is 1. The molecule has 0 aliphatic rings. The fourth-order valence-electron chi connectivity index (χ4n) is 1.63. The zero-order valence-electron chi connectivity index (χ0n) is 14.7. The van der Waals surface area contributed by atoms with Crippen LogP contribution in [0, 0.1) is 6.07 Å². The molecule has 0 aliphatic heterocycles. The summed E-state index contributed by atoms with van der Waals surface area (Å²) >= 11 is 0. The van der Waals surface area contributed by atoms with E-state index < -0.39 is 5.97 Å². The van der Waals surface area contributed by atoms with E-state index in [4.69, 9.17) is 5.11 Å². The second-order valence-electron chi connectivity index (χ2n) is 6.88. The zero-order valence-corrected chi connectivity index (χ0v) is 16.7. The molecule has 1 aromatic carbocycles. The van der Waals surface area contributed by atoms with Crippen LogP contribution in [0.25, 0.3) is 0 Å². The average molecular weight is 302 g/mol. The van der Waals surface area contributed by atoms with Gasteiger partial charge in [0.05, 0.1) is 0 Å². The number of hydrogen-bond donors (Lipinski definition) is 2. The molecule has 0 amide bonds. The number of aromatic hydroxyl groups is 1. The predicted octanol–water partition coefficient (Wildman–Crippen LogP) is 1.27. The van der Waals surface area contributed by atoms with Gasteiger partial charge in [-0.05, 0) is 0 Å². The monoisotopic (exact) mass is 302 g/mol. The van der Waals surface area contributed by atoms with E-state index in [2.05, 4.69) is 47.6 Å². The Morgan fingerprint density at radius 3 is 1.52 bits per heavy atom. The molecule has 1 aromatic rings. The van der Waals surface area contributed by atoms with E-state index in [-0.39, 0.29) is 46.8 Å². The molecule has 0 saturated heterocycles. The quantitative estimate of drug-likeness (QED) is 0.607. The van der Waals surface area contributed by atoms with Gasteiger partial charge in [-0.15, -0.1) is 11.1 Å². The molecule has 0 saturated carbocycles. The number of rotatable bonds is 1. The largest absolute Gasteiger partial charge is 1.00 e. The Kier molecular flexibility index (Phi) is 9.56. The Morgan fingerprint density at radius 1 is 1.05 bits per heavy atom. The molecule has 0 heterocycles. The van der Waals surface area contributed by atoms with Gasteiger partial charge in [-0.3, -0.25) is 4.79 Å². The molecule has 0 radical (unpaired) electrons. The Hall–Kier alpha value is -0.510. The molecule has 21 heavy (non-hydrogen) atoms. The normalized spacial score (nSPS) is 11.0. The summed E-state index contributed by atoms with van der Waals surface area (Å²) in [4.78, 5) is 9.37. The van der Waals surface area contributed by atoms with Gasteiger partial charge in [0.15, 0.2) is 0 Å². The molecule has 0 spiro atoms. The van der Waals surface area contributed by atoms with Crippen molar-refractivity contribution >= 4 is 5.97 Å². The molecule has 0 fully saturated rings. The Morgan fingerprint density at radius 2 is 1.33 bits per heavy atom. The third-order valence-corrected chi connectivity index (χ3v) is 2.88. The second-order valence-corrected chi connectivity index (χ2v) is 6.88. The van der Waals surface area contributed by atoms with E-state index in [0.717, 1.165) is 11.1 Å². The molecular formula is C17H27NaO3. The number of phenolic OH excluding ortho intramolecular Hbond substituents is 1. The van der Waals surface area contributed by atoms with Gasteiger partial charge in [0, 0.05) is 12.2 Å². The summed E-state index contributed by atoms with van der Waals surface area (Å²) in [6, 6.07) is 6.88. The molecular weight excluding hydrogens is 275 g/mol. The summed E-state index contributed by atoms with van der Waals surface area (Å²) in [6.45, 7) is 14.2.